The summed E-state index contributed by atoms with van der Waals surface area (Å²) in [4.78, 5) is 0. The van der Waals surface area contributed by atoms with E-state index in [0.29, 0.717) is 28.1 Å². The predicted molar refractivity (Wildman–Crippen MR) is 150 cm³/mol. The monoisotopic (exact) mass is 534 g/mol. The molecule has 0 aromatic heterocycles. The number of rotatable bonds is 8. The van der Waals surface area contributed by atoms with Crippen molar-refractivity contribution in [3.63, 3.8) is 0 Å². The molecule has 0 spiro atoms. The molecule has 208 valence electrons. The molecule has 0 amide bonds. The number of allylic oxidation sites excluding steroid dienone is 4. The third-order valence-electron chi connectivity index (χ3n) is 6.46. The number of hydrogen-bond donors (Lipinski definition) is 2. The van der Waals surface area contributed by atoms with Crippen LogP contribution in [-0.4, -0.2) is 19.6 Å². The number of nitrogens with one attached hydrogen (secondary N) is 2. The Kier molecular flexibility index (Phi) is 13.6. The van der Waals surface area contributed by atoms with Crippen molar-refractivity contribution in [2.75, 3.05) is 18.9 Å². The molecule has 0 heterocycles. The van der Waals surface area contributed by atoms with E-state index in [4.69, 9.17) is 0 Å². The lowest BCUT2D eigenvalue weighted by Crippen LogP contribution is -2.35. The summed E-state index contributed by atoms with van der Waals surface area (Å²) < 4.78 is 60.7. The van der Waals surface area contributed by atoms with Crippen LogP contribution in [0.1, 0.15) is 56.9 Å². The first-order chi connectivity index (χ1) is 17.9. The normalized spacial score (nSPS) is 13.0. The second-order valence-corrected chi connectivity index (χ2v) is 9.04. The van der Waals surface area contributed by atoms with E-state index >= 15 is 0 Å². The van der Waals surface area contributed by atoms with Gasteiger partial charge in [-0.25, -0.2) is 22.0 Å². The van der Waals surface area contributed by atoms with Crippen molar-refractivity contribution < 1.29 is 22.0 Å². The van der Waals surface area contributed by atoms with Crippen molar-refractivity contribution in [3.05, 3.63) is 106 Å². The van der Waals surface area contributed by atoms with Crippen LogP contribution in [0.2, 0.25) is 0 Å². The lowest BCUT2D eigenvalue weighted by molar-refractivity contribution is 0.295. The van der Waals surface area contributed by atoms with Crippen LogP contribution in [0.15, 0.2) is 72.1 Å². The zero-order valence-electron chi connectivity index (χ0n) is 23.2. The highest BCUT2D eigenvalue weighted by Gasteiger charge is 2.28. The van der Waals surface area contributed by atoms with Gasteiger partial charge in [-0.3, -0.25) is 0 Å². The van der Waals surface area contributed by atoms with E-state index in [-0.39, 0.29) is 6.42 Å². The molecule has 0 bridgehead atoms. The molecular formula is C31H39F5N2. The number of anilines is 1. The maximum Gasteiger partial charge on any atom is 0.229 e. The van der Waals surface area contributed by atoms with Crippen LogP contribution in [0.4, 0.5) is 27.6 Å². The van der Waals surface area contributed by atoms with Crippen LogP contribution in [-0.2, 0) is 12.8 Å². The third-order valence-corrected chi connectivity index (χ3v) is 6.46. The van der Waals surface area contributed by atoms with Gasteiger partial charge in [-0.05, 0) is 99.1 Å². The van der Waals surface area contributed by atoms with Gasteiger partial charge in [0.15, 0.2) is 0 Å². The SMILES string of the molecule is C=C(C)/C(C)=C/C.C=C(Nc1ccc(CC)c(C)c1)NC(CF)C1=C(C)c2cc(F)cc(F)c2C1.FCF. The summed E-state index contributed by atoms with van der Waals surface area (Å²) in [6, 6.07) is 7.54. The molecule has 2 N–H and O–H groups in total. The Balaban J connectivity index is 0.000000618. The molecule has 0 fully saturated rings. The predicted octanol–water partition coefficient (Wildman–Crippen LogP) is 9.09. The minimum Gasteiger partial charge on any atom is -0.363 e. The molecule has 1 atom stereocenters. The Labute approximate surface area is 224 Å². The first kappa shape index (κ1) is 32.7. The number of alkyl halides is 3. The minimum atomic E-state index is -1.75. The van der Waals surface area contributed by atoms with Gasteiger partial charge in [0, 0.05) is 11.8 Å². The van der Waals surface area contributed by atoms with E-state index in [1.54, 1.807) is 6.92 Å². The van der Waals surface area contributed by atoms with Crippen molar-refractivity contribution in [1.82, 2.24) is 5.32 Å². The van der Waals surface area contributed by atoms with Gasteiger partial charge in [-0.2, -0.15) is 0 Å². The van der Waals surface area contributed by atoms with Crippen molar-refractivity contribution in [2.45, 2.75) is 60.4 Å². The Morgan fingerprint density at radius 1 is 1.05 bits per heavy atom. The Morgan fingerprint density at radius 3 is 2.16 bits per heavy atom. The molecule has 1 aliphatic rings. The summed E-state index contributed by atoms with van der Waals surface area (Å²) in [7, 11) is 0. The summed E-state index contributed by atoms with van der Waals surface area (Å²) in [5.41, 5.74) is 8.08. The van der Waals surface area contributed by atoms with E-state index in [9.17, 15) is 22.0 Å². The van der Waals surface area contributed by atoms with Crippen LogP contribution in [0, 0.1) is 18.6 Å². The van der Waals surface area contributed by atoms with Gasteiger partial charge >= 0.3 is 0 Å². The Bertz CT molecular complexity index is 1180. The Hall–Kier alpha value is -3.35. The molecule has 0 radical (unpaired) electrons. The van der Waals surface area contributed by atoms with Crippen LogP contribution < -0.4 is 10.6 Å². The smallest absolute Gasteiger partial charge is 0.229 e. The minimum absolute atomic E-state index is 0.256. The molecule has 1 aliphatic carbocycles. The highest BCUT2D eigenvalue weighted by molar-refractivity contribution is 5.76. The summed E-state index contributed by atoms with van der Waals surface area (Å²) in [6.45, 7) is 17.3. The van der Waals surface area contributed by atoms with Gasteiger partial charge < -0.3 is 10.6 Å². The average Bonchev–Trinajstić information content (AvgIpc) is 3.19. The van der Waals surface area contributed by atoms with E-state index < -0.39 is 31.3 Å². The summed E-state index contributed by atoms with van der Waals surface area (Å²) in [5, 5.41) is 6.20. The summed E-state index contributed by atoms with van der Waals surface area (Å²) in [5.74, 6) is -0.766. The van der Waals surface area contributed by atoms with Crippen molar-refractivity contribution in [1.29, 1.82) is 0 Å². The van der Waals surface area contributed by atoms with Crippen LogP contribution >= 0.6 is 0 Å². The van der Waals surface area contributed by atoms with E-state index in [2.05, 4.69) is 49.8 Å². The molecule has 0 saturated heterocycles. The molecule has 0 aliphatic heterocycles. The van der Waals surface area contributed by atoms with Crippen molar-refractivity contribution in [3.8, 4) is 0 Å². The van der Waals surface area contributed by atoms with Crippen LogP contribution in [0.25, 0.3) is 5.57 Å². The fraction of sp³-hybridized carbons (Fsp3) is 0.355. The van der Waals surface area contributed by atoms with Gasteiger partial charge in [-0.1, -0.05) is 43.4 Å². The number of benzene rings is 2. The maximum absolute atomic E-state index is 14.1. The van der Waals surface area contributed by atoms with Gasteiger partial charge in [-0.15, -0.1) is 0 Å². The molecule has 0 saturated carbocycles. The second kappa shape index (κ2) is 15.8. The molecule has 2 aromatic carbocycles. The van der Waals surface area contributed by atoms with E-state index in [0.717, 1.165) is 23.7 Å². The zero-order chi connectivity index (χ0) is 29.0. The summed E-state index contributed by atoms with van der Waals surface area (Å²) >= 11 is 0. The largest absolute Gasteiger partial charge is 0.363 e. The number of fused-ring (bicyclic) bond motifs is 1. The second-order valence-electron chi connectivity index (χ2n) is 9.04. The lowest BCUT2D eigenvalue weighted by Gasteiger charge is -2.22. The van der Waals surface area contributed by atoms with Crippen LogP contribution in [0.3, 0.4) is 0 Å². The lowest BCUT2D eigenvalue weighted by atomic mass is 10.0. The molecular weight excluding hydrogens is 495 g/mol. The van der Waals surface area contributed by atoms with Crippen molar-refractivity contribution >= 4 is 11.3 Å². The third kappa shape index (κ3) is 9.19. The fourth-order valence-corrected chi connectivity index (χ4v) is 4.05. The molecule has 38 heavy (non-hydrogen) atoms. The first-order valence-electron chi connectivity index (χ1n) is 12.4. The quantitative estimate of drug-likeness (QED) is 0.261. The number of halogens is 5. The fourth-order valence-electron chi connectivity index (χ4n) is 4.05. The van der Waals surface area contributed by atoms with Gasteiger partial charge in [0.1, 0.15) is 18.3 Å². The molecule has 2 aromatic rings. The van der Waals surface area contributed by atoms with Gasteiger partial charge in [0.2, 0.25) is 6.93 Å². The van der Waals surface area contributed by atoms with E-state index in [1.165, 1.54) is 22.8 Å². The van der Waals surface area contributed by atoms with Crippen molar-refractivity contribution in [2.24, 2.45) is 0 Å². The molecule has 2 nitrogen and oxygen atoms in total. The number of aryl methyl sites for hydroxylation is 2. The highest BCUT2D eigenvalue weighted by Crippen LogP contribution is 2.36. The standard InChI is InChI=1S/C23H25F3N2.C7H12.CH2F2/c1-5-16-6-7-18(8-13(16)2)27-15(4)28-23(12-24)20-11-21-19(14(20)3)9-17(25)10-22(21)26;1-5-7(4)6(2)3;2-1-3/h6-10,23,27-28H,4-5,11-12H2,1-3H3;5H,2H2,1,3-4H3;1H2/b;7-5+;. The summed E-state index contributed by atoms with van der Waals surface area (Å²) in [6.07, 6.45) is 3.27. The topological polar surface area (TPSA) is 24.1 Å². The number of hydrogen-bond acceptors (Lipinski definition) is 2. The van der Waals surface area contributed by atoms with Crippen LogP contribution in [0.5, 0.6) is 0 Å². The zero-order valence-corrected chi connectivity index (χ0v) is 23.2. The first-order valence-corrected chi connectivity index (χ1v) is 12.4. The molecule has 7 heteroatoms. The molecule has 1 unspecified atom stereocenters. The highest BCUT2D eigenvalue weighted by atomic mass is 19.3. The average molecular weight is 535 g/mol. The Morgan fingerprint density at radius 2 is 1.68 bits per heavy atom. The molecule has 3 rings (SSSR count). The van der Waals surface area contributed by atoms with E-state index in [1.807, 2.05) is 32.9 Å². The van der Waals surface area contributed by atoms with Gasteiger partial charge in [0.05, 0.1) is 11.9 Å². The van der Waals surface area contributed by atoms with Gasteiger partial charge in [0.25, 0.3) is 0 Å². The maximum atomic E-state index is 14.1.